The van der Waals surface area contributed by atoms with Gasteiger partial charge in [0.2, 0.25) is 5.91 Å². The number of rotatable bonds is 3. The average Bonchev–Trinajstić information content (AvgIpc) is 2.88. The summed E-state index contributed by atoms with van der Waals surface area (Å²) in [6, 6.07) is -0.0423. The minimum Gasteiger partial charge on any atom is -0.344 e. The summed E-state index contributed by atoms with van der Waals surface area (Å²) in [6.45, 7) is 0. The van der Waals surface area contributed by atoms with Gasteiger partial charge >= 0.3 is 0 Å². The highest BCUT2D eigenvalue weighted by molar-refractivity contribution is 6.06. The number of hydrogen-bond acceptors (Lipinski definition) is 2. The highest BCUT2D eigenvalue weighted by atomic mass is 16.2. The first-order valence-electron chi connectivity index (χ1n) is 4.84. The average molecular weight is 181 g/mol. The SMILES string of the molecule is CN=C1NC(=O)C(CCC2CC2)N1. The summed E-state index contributed by atoms with van der Waals surface area (Å²) in [5, 5.41) is 5.76. The van der Waals surface area contributed by atoms with Gasteiger partial charge in [0.25, 0.3) is 0 Å². The normalized spacial score (nSPS) is 30.4. The van der Waals surface area contributed by atoms with E-state index < -0.39 is 0 Å². The van der Waals surface area contributed by atoms with Crippen LogP contribution in [0.15, 0.2) is 4.99 Å². The summed E-state index contributed by atoms with van der Waals surface area (Å²) in [5.41, 5.74) is 0. The lowest BCUT2D eigenvalue weighted by molar-refractivity contribution is -0.120. The zero-order valence-corrected chi connectivity index (χ0v) is 7.84. The molecule has 72 valence electrons. The van der Waals surface area contributed by atoms with E-state index in [0.717, 1.165) is 12.3 Å². The van der Waals surface area contributed by atoms with E-state index in [-0.39, 0.29) is 11.9 Å². The van der Waals surface area contributed by atoms with E-state index in [1.165, 1.54) is 19.3 Å². The quantitative estimate of drug-likeness (QED) is 0.655. The number of nitrogens with zero attached hydrogens (tertiary/aromatic N) is 1. The van der Waals surface area contributed by atoms with Crippen molar-refractivity contribution in [3.8, 4) is 0 Å². The second-order valence-electron chi connectivity index (χ2n) is 3.78. The van der Waals surface area contributed by atoms with Crippen LogP contribution >= 0.6 is 0 Å². The number of hydrogen-bond donors (Lipinski definition) is 2. The molecule has 0 aromatic rings. The molecule has 2 rings (SSSR count). The first-order chi connectivity index (χ1) is 6.29. The van der Waals surface area contributed by atoms with Gasteiger partial charge in [-0.1, -0.05) is 12.8 Å². The minimum atomic E-state index is -0.0423. The van der Waals surface area contributed by atoms with Gasteiger partial charge in [0, 0.05) is 7.05 Å². The molecule has 1 amide bonds. The van der Waals surface area contributed by atoms with Crippen molar-refractivity contribution in [2.24, 2.45) is 10.9 Å². The maximum atomic E-state index is 11.3. The molecule has 0 bridgehead atoms. The van der Waals surface area contributed by atoms with Crippen LogP contribution in [0.3, 0.4) is 0 Å². The predicted molar refractivity (Wildman–Crippen MR) is 50.4 cm³/mol. The molecule has 0 aromatic heterocycles. The lowest BCUT2D eigenvalue weighted by atomic mass is 10.1. The molecule has 2 fully saturated rings. The zero-order valence-electron chi connectivity index (χ0n) is 7.84. The molecular formula is C9H15N3O. The van der Waals surface area contributed by atoms with E-state index in [1.807, 2.05) is 0 Å². The highest BCUT2D eigenvalue weighted by Gasteiger charge is 2.30. The van der Waals surface area contributed by atoms with Gasteiger partial charge in [0.1, 0.15) is 6.04 Å². The summed E-state index contributed by atoms with van der Waals surface area (Å²) in [5.74, 6) is 1.57. The Labute approximate surface area is 77.8 Å². The Kier molecular flexibility index (Phi) is 2.20. The topological polar surface area (TPSA) is 53.5 Å². The molecule has 0 spiro atoms. The summed E-state index contributed by atoms with van der Waals surface area (Å²) in [6.07, 6.45) is 4.81. The van der Waals surface area contributed by atoms with Crippen LogP contribution in [0.25, 0.3) is 0 Å². The molecule has 1 saturated heterocycles. The zero-order chi connectivity index (χ0) is 9.26. The Bertz CT molecular complexity index is 245. The van der Waals surface area contributed by atoms with Crippen LogP contribution < -0.4 is 10.6 Å². The van der Waals surface area contributed by atoms with Crippen molar-refractivity contribution in [3.05, 3.63) is 0 Å². The summed E-state index contributed by atoms with van der Waals surface area (Å²) in [4.78, 5) is 15.2. The van der Waals surface area contributed by atoms with Crippen LogP contribution in [0.2, 0.25) is 0 Å². The number of guanidine groups is 1. The van der Waals surface area contributed by atoms with Gasteiger partial charge in [-0.25, -0.2) is 0 Å². The number of nitrogens with one attached hydrogen (secondary N) is 2. The molecule has 13 heavy (non-hydrogen) atoms. The second kappa shape index (κ2) is 3.36. The van der Waals surface area contributed by atoms with Crippen LogP contribution in [0.1, 0.15) is 25.7 Å². The van der Waals surface area contributed by atoms with E-state index in [2.05, 4.69) is 15.6 Å². The molecule has 4 heteroatoms. The molecule has 4 nitrogen and oxygen atoms in total. The van der Waals surface area contributed by atoms with Gasteiger partial charge in [0.05, 0.1) is 0 Å². The van der Waals surface area contributed by atoms with Crippen LogP contribution in [0.4, 0.5) is 0 Å². The van der Waals surface area contributed by atoms with Crippen molar-refractivity contribution in [2.75, 3.05) is 7.05 Å². The summed E-state index contributed by atoms with van der Waals surface area (Å²) in [7, 11) is 1.67. The first-order valence-corrected chi connectivity index (χ1v) is 4.84. The molecule has 0 aromatic carbocycles. The second-order valence-corrected chi connectivity index (χ2v) is 3.78. The lowest BCUT2D eigenvalue weighted by Gasteiger charge is -2.05. The third-order valence-corrected chi connectivity index (χ3v) is 2.65. The molecule has 1 aliphatic heterocycles. The van der Waals surface area contributed by atoms with Gasteiger partial charge < -0.3 is 5.32 Å². The fourth-order valence-electron chi connectivity index (χ4n) is 1.60. The van der Waals surface area contributed by atoms with Crippen LogP contribution in [-0.2, 0) is 4.79 Å². The molecule has 0 radical (unpaired) electrons. The van der Waals surface area contributed by atoms with E-state index in [0.29, 0.717) is 5.96 Å². The van der Waals surface area contributed by atoms with Crippen molar-refractivity contribution in [1.82, 2.24) is 10.6 Å². The largest absolute Gasteiger partial charge is 0.344 e. The van der Waals surface area contributed by atoms with Gasteiger partial charge in [0.15, 0.2) is 5.96 Å². The molecule has 1 saturated carbocycles. The molecular weight excluding hydrogens is 166 g/mol. The number of aliphatic imine (C=N–C) groups is 1. The minimum absolute atomic E-state index is 0.0423. The lowest BCUT2D eigenvalue weighted by Crippen LogP contribution is -2.29. The van der Waals surface area contributed by atoms with E-state index in [9.17, 15) is 4.79 Å². The van der Waals surface area contributed by atoms with Crippen molar-refractivity contribution in [1.29, 1.82) is 0 Å². The van der Waals surface area contributed by atoms with Crippen LogP contribution in [0, 0.1) is 5.92 Å². The third-order valence-electron chi connectivity index (χ3n) is 2.65. The smallest absolute Gasteiger partial charge is 0.249 e. The molecule has 1 unspecified atom stereocenters. The Balaban J connectivity index is 1.81. The maximum Gasteiger partial charge on any atom is 0.249 e. The Morgan fingerprint density at radius 2 is 2.23 bits per heavy atom. The Hall–Kier alpha value is -1.06. The van der Waals surface area contributed by atoms with Crippen LogP contribution in [-0.4, -0.2) is 25.0 Å². The third kappa shape index (κ3) is 1.99. The number of carbonyl (C=O) groups excluding carboxylic acids is 1. The monoisotopic (exact) mass is 181 g/mol. The predicted octanol–water partition coefficient (Wildman–Crippen LogP) is 0.250. The van der Waals surface area contributed by atoms with Crippen molar-refractivity contribution >= 4 is 11.9 Å². The van der Waals surface area contributed by atoms with Crippen molar-refractivity contribution in [3.63, 3.8) is 0 Å². The molecule has 2 aliphatic rings. The fraction of sp³-hybridized carbons (Fsp3) is 0.778. The van der Waals surface area contributed by atoms with Gasteiger partial charge in [-0.05, 0) is 18.8 Å². The van der Waals surface area contributed by atoms with Gasteiger partial charge in [-0.2, -0.15) is 0 Å². The number of amides is 1. The maximum absolute atomic E-state index is 11.3. The van der Waals surface area contributed by atoms with E-state index in [4.69, 9.17) is 0 Å². The van der Waals surface area contributed by atoms with Gasteiger partial charge in [-0.15, -0.1) is 0 Å². The van der Waals surface area contributed by atoms with Crippen molar-refractivity contribution < 1.29 is 4.79 Å². The van der Waals surface area contributed by atoms with E-state index in [1.54, 1.807) is 7.05 Å². The summed E-state index contributed by atoms with van der Waals surface area (Å²) >= 11 is 0. The highest BCUT2D eigenvalue weighted by Crippen LogP contribution is 2.33. The molecule has 1 aliphatic carbocycles. The Morgan fingerprint density at radius 1 is 1.46 bits per heavy atom. The standard InChI is InChI=1S/C9H15N3O/c1-10-9-11-7(8(13)12-9)5-4-6-2-3-6/h6-7H,2-5H2,1H3,(H2,10,11,12,13). The van der Waals surface area contributed by atoms with E-state index >= 15 is 0 Å². The number of carbonyl (C=O) groups is 1. The fourth-order valence-corrected chi connectivity index (χ4v) is 1.60. The molecule has 1 heterocycles. The Morgan fingerprint density at radius 3 is 2.77 bits per heavy atom. The molecule has 2 N–H and O–H groups in total. The summed E-state index contributed by atoms with van der Waals surface area (Å²) < 4.78 is 0. The van der Waals surface area contributed by atoms with Crippen molar-refractivity contribution in [2.45, 2.75) is 31.7 Å². The van der Waals surface area contributed by atoms with Crippen LogP contribution in [0.5, 0.6) is 0 Å². The van der Waals surface area contributed by atoms with Gasteiger partial charge in [-0.3, -0.25) is 15.1 Å². The first kappa shape index (κ1) is 8.53. The molecule has 1 atom stereocenters.